The van der Waals surface area contributed by atoms with Gasteiger partial charge in [0.25, 0.3) is 0 Å². The molecule has 1 aromatic heterocycles. The number of aryl methyl sites for hydroxylation is 2. The first kappa shape index (κ1) is 20.4. The van der Waals surface area contributed by atoms with Crippen LogP contribution in [-0.2, 0) is 20.7 Å². The fraction of sp³-hybridized carbons (Fsp3) is 0.458. The molecule has 6 nitrogen and oxygen atoms in total. The van der Waals surface area contributed by atoms with Crippen molar-refractivity contribution in [3.63, 3.8) is 0 Å². The van der Waals surface area contributed by atoms with Crippen molar-refractivity contribution >= 4 is 23.3 Å². The van der Waals surface area contributed by atoms with E-state index in [1.807, 2.05) is 44.2 Å². The van der Waals surface area contributed by atoms with Crippen LogP contribution < -0.4 is 4.90 Å². The van der Waals surface area contributed by atoms with E-state index in [2.05, 4.69) is 11.5 Å². The Morgan fingerprint density at radius 1 is 1.13 bits per heavy atom. The summed E-state index contributed by atoms with van der Waals surface area (Å²) in [5.74, 6) is -1.32. The largest absolute Gasteiger partial charge is 0.457 e. The van der Waals surface area contributed by atoms with Gasteiger partial charge in [-0.15, -0.1) is 0 Å². The number of hydrogen-bond donors (Lipinski definition) is 0. The van der Waals surface area contributed by atoms with Crippen LogP contribution in [0, 0.1) is 19.8 Å². The fourth-order valence-corrected chi connectivity index (χ4v) is 4.31. The Morgan fingerprint density at radius 3 is 2.47 bits per heavy atom. The van der Waals surface area contributed by atoms with E-state index in [0.717, 1.165) is 36.3 Å². The molecule has 158 valence electrons. The lowest BCUT2D eigenvalue weighted by Crippen LogP contribution is -2.27. The molecule has 0 bridgehead atoms. The molecule has 1 atom stereocenters. The molecule has 0 unspecified atom stereocenters. The van der Waals surface area contributed by atoms with Gasteiger partial charge in [0, 0.05) is 41.6 Å². The summed E-state index contributed by atoms with van der Waals surface area (Å²) in [6.07, 6.45) is 3.33. The molecule has 0 N–H and O–H groups in total. The molecule has 1 saturated carbocycles. The third kappa shape index (κ3) is 3.91. The van der Waals surface area contributed by atoms with Gasteiger partial charge in [-0.3, -0.25) is 14.4 Å². The van der Waals surface area contributed by atoms with Crippen molar-refractivity contribution in [1.82, 2.24) is 4.57 Å². The van der Waals surface area contributed by atoms with Gasteiger partial charge in [-0.2, -0.15) is 0 Å². The Morgan fingerprint density at radius 2 is 1.83 bits per heavy atom. The quantitative estimate of drug-likeness (QED) is 0.516. The van der Waals surface area contributed by atoms with Crippen molar-refractivity contribution < 1.29 is 19.1 Å². The smallest absolute Gasteiger partial charge is 0.311 e. The normalized spacial score (nSPS) is 18.7. The standard InChI is InChI=1S/C24H28N2O4/c1-4-17-5-7-19(8-6-17)25-13-18(12-23(25)28)24(29)30-14-22(27)21-11-15(2)26(16(21)3)20-9-10-20/h5-8,11,18,20H,4,9-10,12-14H2,1-3H3/t18-/m1/s1. The van der Waals surface area contributed by atoms with Crippen LogP contribution in [0.2, 0.25) is 0 Å². The molecule has 2 aliphatic rings. The summed E-state index contributed by atoms with van der Waals surface area (Å²) in [7, 11) is 0. The second-order valence-electron chi connectivity index (χ2n) is 8.34. The van der Waals surface area contributed by atoms with Gasteiger partial charge in [-0.25, -0.2) is 0 Å². The maximum absolute atomic E-state index is 12.6. The number of nitrogens with zero attached hydrogens (tertiary/aromatic N) is 2. The molecule has 1 aromatic carbocycles. The number of ether oxygens (including phenoxy) is 1. The number of hydrogen-bond acceptors (Lipinski definition) is 4. The molecule has 1 saturated heterocycles. The molecule has 30 heavy (non-hydrogen) atoms. The molecule has 6 heteroatoms. The Balaban J connectivity index is 1.36. The Labute approximate surface area is 176 Å². The van der Waals surface area contributed by atoms with Crippen LogP contribution in [0.1, 0.15) is 59.5 Å². The highest BCUT2D eigenvalue weighted by Crippen LogP contribution is 2.38. The number of aromatic nitrogens is 1. The van der Waals surface area contributed by atoms with Gasteiger partial charge >= 0.3 is 5.97 Å². The second-order valence-corrected chi connectivity index (χ2v) is 8.34. The van der Waals surface area contributed by atoms with Crippen LogP contribution in [0.5, 0.6) is 0 Å². The highest BCUT2D eigenvalue weighted by Gasteiger charge is 2.36. The zero-order valence-corrected chi connectivity index (χ0v) is 17.8. The SMILES string of the molecule is CCc1ccc(N2C[C@H](C(=O)OCC(=O)c3cc(C)n(C4CC4)c3C)CC2=O)cc1. The summed E-state index contributed by atoms with van der Waals surface area (Å²) < 4.78 is 7.52. The van der Waals surface area contributed by atoms with E-state index in [9.17, 15) is 14.4 Å². The van der Waals surface area contributed by atoms with Crippen molar-refractivity contribution in [2.24, 2.45) is 5.92 Å². The third-order valence-electron chi connectivity index (χ3n) is 6.16. The number of amides is 1. The van der Waals surface area contributed by atoms with Gasteiger partial charge in [0.1, 0.15) is 0 Å². The van der Waals surface area contributed by atoms with Gasteiger partial charge in [-0.1, -0.05) is 19.1 Å². The van der Waals surface area contributed by atoms with Crippen molar-refractivity contribution in [2.45, 2.75) is 52.5 Å². The van der Waals surface area contributed by atoms with Crippen molar-refractivity contribution in [3.05, 3.63) is 52.8 Å². The topological polar surface area (TPSA) is 68.6 Å². The van der Waals surface area contributed by atoms with Gasteiger partial charge in [0.15, 0.2) is 6.61 Å². The number of rotatable bonds is 7. The van der Waals surface area contributed by atoms with E-state index >= 15 is 0 Å². The molecule has 0 radical (unpaired) electrons. The number of benzene rings is 1. The predicted octanol–water partition coefficient (Wildman–Crippen LogP) is 3.78. The highest BCUT2D eigenvalue weighted by atomic mass is 16.5. The van der Waals surface area contributed by atoms with Crippen molar-refractivity contribution in [3.8, 4) is 0 Å². The molecule has 2 aromatic rings. The zero-order chi connectivity index (χ0) is 21.4. The van der Waals surface area contributed by atoms with E-state index in [4.69, 9.17) is 4.74 Å². The second kappa shape index (κ2) is 8.09. The van der Waals surface area contributed by atoms with Gasteiger partial charge in [-0.05, 0) is 56.9 Å². The molecule has 1 amide bonds. The Hall–Kier alpha value is -2.89. The summed E-state index contributed by atoms with van der Waals surface area (Å²) in [6.45, 7) is 6.02. The lowest BCUT2D eigenvalue weighted by Gasteiger charge is -2.17. The number of ketones is 1. The number of anilines is 1. The summed E-state index contributed by atoms with van der Waals surface area (Å²) in [6, 6.07) is 10.2. The average molecular weight is 408 g/mol. The van der Waals surface area contributed by atoms with Crippen LogP contribution in [0.15, 0.2) is 30.3 Å². The average Bonchev–Trinajstić information content (AvgIpc) is 3.43. The predicted molar refractivity (Wildman–Crippen MR) is 114 cm³/mol. The maximum Gasteiger partial charge on any atom is 0.311 e. The molecule has 4 rings (SSSR count). The van der Waals surface area contributed by atoms with Crippen LogP contribution >= 0.6 is 0 Å². The monoisotopic (exact) mass is 408 g/mol. The Bertz CT molecular complexity index is 985. The number of esters is 1. The first-order valence-electron chi connectivity index (χ1n) is 10.7. The first-order chi connectivity index (χ1) is 14.4. The van der Waals surface area contributed by atoms with E-state index in [1.165, 1.54) is 5.56 Å². The van der Waals surface area contributed by atoms with Crippen molar-refractivity contribution in [1.29, 1.82) is 0 Å². The lowest BCUT2D eigenvalue weighted by molar-refractivity contribution is -0.147. The molecule has 2 heterocycles. The van der Waals surface area contributed by atoms with Crippen LogP contribution in [0.3, 0.4) is 0 Å². The summed E-state index contributed by atoms with van der Waals surface area (Å²) in [4.78, 5) is 39.2. The van der Waals surface area contributed by atoms with Gasteiger partial charge in [0.2, 0.25) is 11.7 Å². The number of carbonyl (C=O) groups is 3. The molecule has 1 aliphatic carbocycles. The minimum absolute atomic E-state index is 0.0968. The molecular weight excluding hydrogens is 380 g/mol. The van der Waals surface area contributed by atoms with E-state index in [-0.39, 0.29) is 31.3 Å². The maximum atomic E-state index is 12.6. The van der Waals surface area contributed by atoms with Gasteiger partial charge in [0.05, 0.1) is 5.92 Å². The van der Waals surface area contributed by atoms with Crippen LogP contribution in [0.4, 0.5) is 5.69 Å². The third-order valence-corrected chi connectivity index (χ3v) is 6.16. The number of carbonyl (C=O) groups excluding carboxylic acids is 3. The fourth-order valence-electron chi connectivity index (χ4n) is 4.31. The van der Waals surface area contributed by atoms with E-state index in [0.29, 0.717) is 11.6 Å². The first-order valence-corrected chi connectivity index (χ1v) is 10.7. The lowest BCUT2D eigenvalue weighted by atomic mass is 10.1. The van der Waals surface area contributed by atoms with Gasteiger partial charge < -0.3 is 14.2 Å². The van der Waals surface area contributed by atoms with E-state index in [1.54, 1.807) is 4.90 Å². The van der Waals surface area contributed by atoms with Crippen LogP contribution in [0.25, 0.3) is 0 Å². The summed E-state index contributed by atoms with van der Waals surface area (Å²) in [5.41, 5.74) is 4.61. The highest BCUT2D eigenvalue weighted by molar-refractivity contribution is 6.01. The molecule has 0 spiro atoms. The van der Waals surface area contributed by atoms with E-state index < -0.39 is 11.9 Å². The van der Waals surface area contributed by atoms with Crippen molar-refractivity contribution in [2.75, 3.05) is 18.1 Å². The molecule has 2 fully saturated rings. The minimum Gasteiger partial charge on any atom is -0.457 e. The molecule has 1 aliphatic heterocycles. The molecular formula is C24H28N2O4. The zero-order valence-electron chi connectivity index (χ0n) is 17.8. The number of Topliss-reactive ketones (excluding diaryl/α,β-unsaturated/α-hetero) is 1. The minimum atomic E-state index is -0.546. The summed E-state index contributed by atoms with van der Waals surface area (Å²) in [5, 5.41) is 0. The van der Waals surface area contributed by atoms with Crippen LogP contribution in [-0.4, -0.2) is 35.4 Å². The summed E-state index contributed by atoms with van der Waals surface area (Å²) >= 11 is 0. The Kier molecular flexibility index (Phi) is 5.50.